The van der Waals surface area contributed by atoms with E-state index in [-0.39, 0.29) is 6.04 Å². The molecular weight excluding hydrogens is 268 g/mol. The molecule has 0 saturated carbocycles. The first-order chi connectivity index (χ1) is 9.67. The summed E-state index contributed by atoms with van der Waals surface area (Å²) in [6.07, 6.45) is 3.70. The molecule has 1 atom stereocenters. The lowest BCUT2D eigenvalue weighted by Crippen LogP contribution is -2.31. The molecule has 1 heterocycles. The summed E-state index contributed by atoms with van der Waals surface area (Å²) in [5.74, 6) is 10.1. The first kappa shape index (κ1) is 15.7. The third-order valence-electron chi connectivity index (χ3n) is 4.40. The van der Waals surface area contributed by atoms with E-state index in [2.05, 4.69) is 43.2 Å². The Morgan fingerprint density at radius 1 is 1.35 bits per heavy atom. The van der Waals surface area contributed by atoms with Crippen LogP contribution in [-0.2, 0) is 0 Å². The summed E-state index contributed by atoms with van der Waals surface area (Å²) >= 11 is 2.06. The SMILES string of the molecule is COc1c(C(CC2CCSCC2)NN)ccc(C)c1C. The van der Waals surface area contributed by atoms with Crippen LogP contribution < -0.4 is 16.0 Å². The molecule has 0 aliphatic carbocycles. The molecule has 1 aromatic rings. The molecule has 2 rings (SSSR count). The topological polar surface area (TPSA) is 47.3 Å². The van der Waals surface area contributed by atoms with Crippen LogP contribution in [0.4, 0.5) is 0 Å². The highest BCUT2D eigenvalue weighted by Gasteiger charge is 2.23. The summed E-state index contributed by atoms with van der Waals surface area (Å²) in [4.78, 5) is 0. The number of thioether (sulfide) groups is 1. The monoisotopic (exact) mass is 294 g/mol. The van der Waals surface area contributed by atoms with Gasteiger partial charge in [0.05, 0.1) is 7.11 Å². The van der Waals surface area contributed by atoms with Crippen molar-refractivity contribution < 1.29 is 4.74 Å². The third-order valence-corrected chi connectivity index (χ3v) is 5.45. The molecule has 0 spiro atoms. The van der Waals surface area contributed by atoms with Crippen LogP contribution in [0.3, 0.4) is 0 Å². The molecule has 112 valence electrons. The normalized spacial score (nSPS) is 18.0. The Bertz CT molecular complexity index is 444. The maximum atomic E-state index is 5.82. The Labute approximate surface area is 126 Å². The van der Waals surface area contributed by atoms with Gasteiger partial charge in [0.2, 0.25) is 0 Å². The maximum absolute atomic E-state index is 5.82. The lowest BCUT2D eigenvalue weighted by Gasteiger charge is -2.27. The zero-order valence-corrected chi connectivity index (χ0v) is 13.6. The number of methoxy groups -OCH3 is 1. The highest BCUT2D eigenvalue weighted by molar-refractivity contribution is 7.99. The van der Waals surface area contributed by atoms with Crippen molar-refractivity contribution >= 4 is 11.8 Å². The lowest BCUT2D eigenvalue weighted by atomic mass is 9.89. The number of rotatable bonds is 5. The molecule has 1 aromatic carbocycles. The second-order valence-electron chi connectivity index (χ2n) is 5.64. The van der Waals surface area contributed by atoms with Crippen LogP contribution in [0, 0.1) is 19.8 Å². The smallest absolute Gasteiger partial charge is 0.126 e. The van der Waals surface area contributed by atoms with Crippen molar-refractivity contribution in [3.63, 3.8) is 0 Å². The van der Waals surface area contributed by atoms with Gasteiger partial charge in [-0.2, -0.15) is 11.8 Å². The van der Waals surface area contributed by atoms with Crippen LogP contribution in [0.1, 0.15) is 42.0 Å². The fraction of sp³-hybridized carbons (Fsp3) is 0.625. The largest absolute Gasteiger partial charge is 0.496 e. The molecule has 3 N–H and O–H groups in total. The number of hydrogen-bond donors (Lipinski definition) is 2. The second kappa shape index (κ2) is 7.34. The van der Waals surface area contributed by atoms with Crippen molar-refractivity contribution in [2.75, 3.05) is 18.6 Å². The van der Waals surface area contributed by atoms with E-state index in [9.17, 15) is 0 Å². The van der Waals surface area contributed by atoms with E-state index in [1.165, 1.54) is 41.0 Å². The molecule has 1 aliphatic heterocycles. The molecule has 1 fully saturated rings. The second-order valence-corrected chi connectivity index (χ2v) is 6.87. The molecule has 1 saturated heterocycles. The summed E-state index contributed by atoms with van der Waals surface area (Å²) < 4.78 is 5.63. The number of hydrogen-bond acceptors (Lipinski definition) is 4. The fourth-order valence-corrected chi connectivity index (χ4v) is 4.16. The van der Waals surface area contributed by atoms with Crippen molar-refractivity contribution in [3.8, 4) is 5.75 Å². The minimum Gasteiger partial charge on any atom is -0.496 e. The molecule has 20 heavy (non-hydrogen) atoms. The van der Waals surface area contributed by atoms with Gasteiger partial charge < -0.3 is 4.74 Å². The highest BCUT2D eigenvalue weighted by Crippen LogP contribution is 2.36. The van der Waals surface area contributed by atoms with E-state index >= 15 is 0 Å². The fourth-order valence-electron chi connectivity index (χ4n) is 2.96. The molecule has 4 heteroatoms. The molecule has 0 amide bonds. The van der Waals surface area contributed by atoms with Crippen molar-refractivity contribution in [2.45, 2.75) is 39.2 Å². The van der Waals surface area contributed by atoms with Gasteiger partial charge in [0.1, 0.15) is 5.75 Å². The molecule has 0 bridgehead atoms. The van der Waals surface area contributed by atoms with E-state index < -0.39 is 0 Å². The summed E-state index contributed by atoms with van der Waals surface area (Å²) in [5.41, 5.74) is 6.66. The van der Waals surface area contributed by atoms with Gasteiger partial charge in [0.25, 0.3) is 0 Å². The van der Waals surface area contributed by atoms with E-state index in [0.29, 0.717) is 0 Å². The highest BCUT2D eigenvalue weighted by atomic mass is 32.2. The van der Waals surface area contributed by atoms with E-state index in [1.807, 2.05) is 0 Å². The van der Waals surface area contributed by atoms with Crippen LogP contribution in [0.25, 0.3) is 0 Å². The predicted octanol–water partition coefficient (Wildman–Crippen LogP) is 3.35. The van der Waals surface area contributed by atoms with Crippen LogP contribution in [0.5, 0.6) is 5.75 Å². The predicted molar refractivity (Wildman–Crippen MR) is 87.2 cm³/mol. The number of aryl methyl sites for hydroxylation is 1. The van der Waals surface area contributed by atoms with Crippen LogP contribution >= 0.6 is 11.8 Å². The minimum absolute atomic E-state index is 0.178. The van der Waals surface area contributed by atoms with Gasteiger partial charge >= 0.3 is 0 Å². The summed E-state index contributed by atoms with van der Waals surface area (Å²) in [5, 5.41) is 0. The first-order valence-electron chi connectivity index (χ1n) is 7.35. The van der Waals surface area contributed by atoms with Crippen molar-refractivity contribution in [3.05, 3.63) is 28.8 Å². The Balaban J connectivity index is 2.20. The van der Waals surface area contributed by atoms with Gasteiger partial charge in [0.15, 0.2) is 0 Å². The summed E-state index contributed by atoms with van der Waals surface area (Å²) in [6.45, 7) is 4.23. The third kappa shape index (κ3) is 3.48. The molecule has 0 radical (unpaired) electrons. The minimum atomic E-state index is 0.178. The maximum Gasteiger partial charge on any atom is 0.126 e. The summed E-state index contributed by atoms with van der Waals surface area (Å²) in [6, 6.07) is 4.50. The van der Waals surface area contributed by atoms with Crippen LogP contribution in [-0.4, -0.2) is 18.6 Å². The zero-order chi connectivity index (χ0) is 14.5. The molecule has 1 unspecified atom stereocenters. The van der Waals surface area contributed by atoms with Gasteiger partial charge in [-0.05, 0) is 61.7 Å². The zero-order valence-electron chi connectivity index (χ0n) is 12.7. The van der Waals surface area contributed by atoms with Gasteiger partial charge in [-0.3, -0.25) is 11.3 Å². The van der Waals surface area contributed by atoms with Crippen LogP contribution in [0.2, 0.25) is 0 Å². The van der Waals surface area contributed by atoms with Crippen LogP contribution in [0.15, 0.2) is 12.1 Å². The summed E-state index contributed by atoms with van der Waals surface area (Å²) in [7, 11) is 1.75. The standard InChI is InChI=1S/C16H26N2OS/c1-11-4-5-14(16(19-3)12(11)2)15(18-17)10-13-6-8-20-9-7-13/h4-5,13,15,18H,6-10,17H2,1-3H3. The molecule has 1 aliphatic rings. The van der Waals surface area contributed by atoms with E-state index in [4.69, 9.17) is 10.6 Å². The lowest BCUT2D eigenvalue weighted by molar-refractivity contribution is 0.354. The Morgan fingerprint density at radius 2 is 2.05 bits per heavy atom. The first-order valence-corrected chi connectivity index (χ1v) is 8.50. The number of ether oxygens (including phenoxy) is 1. The van der Waals surface area contributed by atoms with Crippen molar-refractivity contribution in [2.24, 2.45) is 11.8 Å². The van der Waals surface area contributed by atoms with Crippen molar-refractivity contribution in [1.82, 2.24) is 5.43 Å². The van der Waals surface area contributed by atoms with Gasteiger partial charge in [-0.15, -0.1) is 0 Å². The quantitative estimate of drug-likeness (QED) is 0.646. The molecule has 0 aromatic heterocycles. The number of hydrazine groups is 1. The molecular formula is C16H26N2OS. The Kier molecular flexibility index (Phi) is 5.75. The number of nitrogens with one attached hydrogen (secondary N) is 1. The average Bonchev–Trinajstić information content (AvgIpc) is 2.48. The Morgan fingerprint density at radius 3 is 2.65 bits per heavy atom. The van der Waals surface area contributed by atoms with Gasteiger partial charge in [0, 0.05) is 11.6 Å². The number of nitrogens with two attached hydrogens (primary N) is 1. The number of benzene rings is 1. The molecule has 3 nitrogen and oxygen atoms in total. The van der Waals surface area contributed by atoms with E-state index in [0.717, 1.165) is 18.1 Å². The van der Waals surface area contributed by atoms with Crippen molar-refractivity contribution in [1.29, 1.82) is 0 Å². The van der Waals surface area contributed by atoms with E-state index in [1.54, 1.807) is 7.11 Å². The van der Waals surface area contributed by atoms with Gasteiger partial charge in [-0.25, -0.2) is 0 Å². The average molecular weight is 294 g/mol. The van der Waals surface area contributed by atoms with Gasteiger partial charge in [-0.1, -0.05) is 12.1 Å². The Hall–Kier alpha value is -0.710.